The van der Waals surface area contributed by atoms with Crippen molar-refractivity contribution in [2.75, 3.05) is 13.2 Å². The molecular formula is C22H26N2O3. The number of hydrogen-bond donors (Lipinski definition) is 1. The van der Waals surface area contributed by atoms with Gasteiger partial charge in [0.05, 0.1) is 24.9 Å². The first-order valence-electron chi connectivity index (χ1n) is 9.13. The molecule has 1 aromatic carbocycles. The molecule has 0 unspecified atom stereocenters. The van der Waals surface area contributed by atoms with E-state index in [0.29, 0.717) is 25.3 Å². The third-order valence-electron chi connectivity index (χ3n) is 4.76. The number of aromatic nitrogens is 1. The van der Waals surface area contributed by atoms with E-state index in [1.807, 2.05) is 64.1 Å². The Balaban J connectivity index is 1.58. The number of nitrogens with zero attached hydrogens (tertiary/aromatic N) is 1. The van der Waals surface area contributed by atoms with Crippen molar-refractivity contribution >= 4 is 5.91 Å². The Morgan fingerprint density at radius 1 is 1.11 bits per heavy atom. The Labute approximate surface area is 160 Å². The largest absolute Gasteiger partial charge is 0.491 e. The molecule has 0 bridgehead atoms. The second kappa shape index (κ2) is 8.16. The van der Waals surface area contributed by atoms with Crippen molar-refractivity contribution in [1.82, 2.24) is 9.88 Å². The van der Waals surface area contributed by atoms with Gasteiger partial charge in [-0.25, -0.2) is 0 Å². The van der Waals surface area contributed by atoms with Crippen LogP contribution in [0.5, 0.6) is 5.75 Å². The van der Waals surface area contributed by atoms with Gasteiger partial charge < -0.3 is 19.0 Å². The van der Waals surface area contributed by atoms with Crippen molar-refractivity contribution in [2.45, 2.75) is 34.2 Å². The summed E-state index contributed by atoms with van der Waals surface area (Å²) >= 11 is 0. The third-order valence-corrected chi connectivity index (χ3v) is 4.76. The SMILES string of the molecule is Cc1cccc(C)c1OCCNC(=O)c1cc(C)n(Cc2ccco2)c1C. The Morgan fingerprint density at radius 3 is 2.52 bits per heavy atom. The molecule has 3 rings (SSSR count). The second-order valence-corrected chi connectivity index (χ2v) is 6.78. The Morgan fingerprint density at radius 2 is 1.85 bits per heavy atom. The molecule has 0 aliphatic carbocycles. The number of ether oxygens (including phenoxy) is 1. The van der Waals surface area contributed by atoms with Crippen LogP contribution in [0, 0.1) is 27.7 Å². The van der Waals surface area contributed by atoms with E-state index in [2.05, 4.69) is 9.88 Å². The summed E-state index contributed by atoms with van der Waals surface area (Å²) in [5.41, 5.74) is 4.84. The molecule has 0 atom stereocenters. The van der Waals surface area contributed by atoms with Gasteiger partial charge in [0.2, 0.25) is 0 Å². The van der Waals surface area contributed by atoms with Crippen LogP contribution in [0.1, 0.15) is 38.6 Å². The van der Waals surface area contributed by atoms with Gasteiger partial charge in [0.25, 0.3) is 5.91 Å². The van der Waals surface area contributed by atoms with E-state index in [-0.39, 0.29) is 5.91 Å². The highest BCUT2D eigenvalue weighted by Gasteiger charge is 2.16. The molecule has 5 heteroatoms. The lowest BCUT2D eigenvalue weighted by Crippen LogP contribution is -2.28. The zero-order valence-corrected chi connectivity index (χ0v) is 16.3. The van der Waals surface area contributed by atoms with E-state index < -0.39 is 0 Å². The summed E-state index contributed by atoms with van der Waals surface area (Å²) in [5.74, 6) is 1.67. The molecule has 0 saturated carbocycles. The number of rotatable bonds is 7. The zero-order valence-electron chi connectivity index (χ0n) is 16.3. The molecule has 1 N–H and O–H groups in total. The summed E-state index contributed by atoms with van der Waals surface area (Å²) in [5, 5.41) is 2.95. The number of amides is 1. The number of carbonyl (C=O) groups excluding carboxylic acids is 1. The van der Waals surface area contributed by atoms with E-state index in [1.165, 1.54) is 0 Å². The van der Waals surface area contributed by atoms with Crippen molar-refractivity contribution in [3.05, 3.63) is 76.5 Å². The van der Waals surface area contributed by atoms with Gasteiger partial charge in [0, 0.05) is 11.4 Å². The second-order valence-electron chi connectivity index (χ2n) is 6.78. The van der Waals surface area contributed by atoms with E-state index in [0.717, 1.165) is 34.0 Å². The maximum Gasteiger partial charge on any atom is 0.253 e. The van der Waals surface area contributed by atoms with Gasteiger partial charge in [-0.15, -0.1) is 0 Å². The Hall–Kier alpha value is -2.95. The molecule has 0 aliphatic heterocycles. The topological polar surface area (TPSA) is 56.4 Å². The van der Waals surface area contributed by atoms with Crippen molar-refractivity contribution < 1.29 is 13.9 Å². The normalized spacial score (nSPS) is 10.8. The molecule has 3 aromatic rings. The average Bonchev–Trinajstić information content (AvgIpc) is 3.24. The van der Waals surface area contributed by atoms with E-state index in [1.54, 1.807) is 6.26 Å². The molecule has 2 aromatic heterocycles. The molecule has 2 heterocycles. The minimum Gasteiger partial charge on any atom is -0.491 e. The number of benzene rings is 1. The first-order valence-corrected chi connectivity index (χ1v) is 9.13. The first-order chi connectivity index (χ1) is 13.0. The standard InChI is InChI=1S/C22H26N2O3/c1-15-7-5-8-16(2)21(15)27-12-10-23-22(25)20-13-17(3)24(18(20)4)14-19-9-6-11-26-19/h5-9,11,13H,10,12,14H2,1-4H3,(H,23,25). The van der Waals surface area contributed by atoms with Crippen LogP contribution >= 0.6 is 0 Å². The van der Waals surface area contributed by atoms with Crippen molar-refractivity contribution in [1.29, 1.82) is 0 Å². The fourth-order valence-corrected chi connectivity index (χ4v) is 3.27. The van der Waals surface area contributed by atoms with E-state index >= 15 is 0 Å². The van der Waals surface area contributed by atoms with Gasteiger partial charge in [-0.2, -0.15) is 0 Å². The predicted molar refractivity (Wildman–Crippen MR) is 105 cm³/mol. The van der Waals surface area contributed by atoms with Gasteiger partial charge in [-0.1, -0.05) is 18.2 Å². The molecule has 0 aliphatic rings. The maximum absolute atomic E-state index is 12.6. The minimum atomic E-state index is -0.0844. The Kier molecular flexibility index (Phi) is 5.69. The van der Waals surface area contributed by atoms with E-state index in [9.17, 15) is 4.79 Å². The Bertz CT molecular complexity index is 903. The zero-order chi connectivity index (χ0) is 19.4. The summed E-state index contributed by atoms with van der Waals surface area (Å²) in [7, 11) is 0. The smallest absolute Gasteiger partial charge is 0.253 e. The lowest BCUT2D eigenvalue weighted by atomic mass is 10.1. The van der Waals surface area contributed by atoms with Crippen LogP contribution in [-0.2, 0) is 6.54 Å². The van der Waals surface area contributed by atoms with Gasteiger partial charge in [-0.3, -0.25) is 4.79 Å². The molecule has 142 valence electrons. The van der Waals surface area contributed by atoms with E-state index in [4.69, 9.17) is 9.15 Å². The van der Waals surface area contributed by atoms with Crippen LogP contribution in [0.15, 0.2) is 47.1 Å². The predicted octanol–water partition coefficient (Wildman–Crippen LogP) is 4.17. The molecular weight excluding hydrogens is 340 g/mol. The van der Waals surface area contributed by atoms with Crippen LogP contribution in [0.4, 0.5) is 0 Å². The average molecular weight is 366 g/mol. The summed E-state index contributed by atoms with van der Waals surface area (Å²) in [6.07, 6.45) is 1.66. The summed E-state index contributed by atoms with van der Waals surface area (Å²) in [6.45, 7) is 9.50. The highest BCUT2D eigenvalue weighted by atomic mass is 16.5. The third kappa shape index (κ3) is 4.25. The highest BCUT2D eigenvalue weighted by molar-refractivity contribution is 5.95. The van der Waals surface area contributed by atoms with Gasteiger partial charge in [0.1, 0.15) is 18.1 Å². The number of aryl methyl sites for hydroxylation is 3. The fraction of sp³-hybridized carbons (Fsp3) is 0.318. The minimum absolute atomic E-state index is 0.0844. The molecule has 0 spiro atoms. The number of furan rings is 1. The monoisotopic (exact) mass is 366 g/mol. The van der Waals surface area contributed by atoms with Crippen LogP contribution in [0.3, 0.4) is 0 Å². The van der Waals surface area contributed by atoms with Crippen LogP contribution in [-0.4, -0.2) is 23.6 Å². The molecule has 5 nitrogen and oxygen atoms in total. The summed E-state index contributed by atoms with van der Waals surface area (Å²) < 4.78 is 13.4. The number of nitrogens with one attached hydrogen (secondary N) is 1. The van der Waals surface area contributed by atoms with Crippen LogP contribution in [0.2, 0.25) is 0 Å². The van der Waals surface area contributed by atoms with Gasteiger partial charge in [-0.05, 0) is 57.0 Å². The number of carbonyl (C=O) groups is 1. The summed E-state index contributed by atoms with van der Waals surface area (Å²) in [6, 6.07) is 11.8. The molecule has 27 heavy (non-hydrogen) atoms. The lowest BCUT2D eigenvalue weighted by molar-refractivity contribution is 0.0946. The number of hydrogen-bond acceptors (Lipinski definition) is 3. The van der Waals surface area contributed by atoms with Crippen molar-refractivity contribution in [2.24, 2.45) is 0 Å². The van der Waals surface area contributed by atoms with Crippen molar-refractivity contribution in [3.8, 4) is 5.75 Å². The van der Waals surface area contributed by atoms with Gasteiger partial charge in [0.15, 0.2) is 0 Å². The number of para-hydroxylation sites is 1. The lowest BCUT2D eigenvalue weighted by Gasteiger charge is -2.12. The molecule has 0 saturated heterocycles. The highest BCUT2D eigenvalue weighted by Crippen LogP contribution is 2.22. The molecule has 1 amide bonds. The molecule has 0 radical (unpaired) electrons. The maximum atomic E-state index is 12.6. The quantitative estimate of drug-likeness (QED) is 0.639. The summed E-state index contributed by atoms with van der Waals surface area (Å²) in [4.78, 5) is 12.6. The van der Waals surface area contributed by atoms with Crippen LogP contribution in [0.25, 0.3) is 0 Å². The first kappa shape index (κ1) is 18.8. The fourth-order valence-electron chi connectivity index (χ4n) is 3.27. The molecule has 0 fully saturated rings. The van der Waals surface area contributed by atoms with Crippen LogP contribution < -0.4 is 10.1 Å². The van der Waals surface area contributed by atoms with Gasteiger partial charge >= 0.3 is 0 Å². The van der Waals surface area contributed by atoms with Crippen molar-refractivity contribution in [3.63, 3.8) is 0 Å².